The standard InChI is InChI=1S/C17H13N3O5/c1-11-18-16(25-19-11)12-6-8-13(9-7-12)17(21)24-10-14-4-2-3-5-15(14)20(22)23/h2-9H,10H2,1H3. The minimum atomic E-state index is -0.577. The number of benzene rings is 2. The maximum Gasteiger partial charge on any atom is 0.338 e. The lowest BCUT2D eigenvalue weighted by Crippen LogP contribution is -2.06. The zero-order valence-corrected chi connectivity index (χ0v) is 13.2. The first-order chi connectivity index (χ1) is 12.0. The molecule has 1 heterocycles. The van der Waals surface area contributed by atoms with Gasteiger partial charge in [0.1, 0.15) is 6.61 Å². The second-order valence-corrected chi connectivity index (χ2v) is 5.19. The Morgan fingerprint density at radius 2 is 1.92 bits per heavy atom. The fourth-order valence-corrected chi connectivity index (χ4v) is 2.20. The van der Waals surface area contributed by atoms with Crippen LogP contribution in [0.3, 0.4) is 0 Å². The Labute approximate surface area is 142 Å². The number of hydrogen-bond acceptors (Lipinski definition) is 7. The predicted octanol–water partition coefficient (Wildman–Crippen LogP) is 3.31. The van der Waals surface area contributed by atoms with E-state index in [4.69, 9.17) is 9.26 Å². The second-order valence-electron chi connectivity index (χ2n) is 5.19. The van der Waals surface area contributed by atoms with Gasteiger partial charge in [-0.15, -0.1) is 0 Å². The zero-order chi connectivity index (χ0) is 17.8. The third-order valence-electron chi connectivity index (χ3n) is 3.44. The molecule has 0 saturated heterocycles. The number of aryl methyl sites for hydroxylation is 1. The molecule has 25 heavy (non-hydrogen) atoms. The molecule has 0 aliphatic heterocycles. The number of rotatable bonds is 5. The Hall–Kier alpha value is -3.55. The van der Waals surface area contributed by atoms with Crippen LogP contribution in [0.5, 0.6) is 0 Å². The van der Waals surface area contributed by atoms with Crippen LogP contribution in [0.2, 0.25) is 0 Å². The van der Waals surface area contributed by atoms with E-state index in [9.17, 15) is 14.9 Å². The molecular formula is C17H13N3O5. The van der Waals surface area contributed by atoms with Gasteiger partial charge in [0, 0.05) is 11.6 Å². The van der Waals surface area contributed by atoms with Crippen LogP contribution < -0.4 is 0 Å². The molecule has 1 aromatic heterocycles. The highest BCUT2D eigenvalue weighted by molar-refractivity contribution is 5.89. The molecule has 0 radical (unpaired) electrons. The van der Waals surface area contributed by atoms with Gasteiger partial charge < -0.3 is 9.26 Å². The Morgan fingerprint density at radius 3 is 2.56 bits per heavy atom. The number of nitro groups is 1. The highest BCUT2D eigenvalue weighted by atomic mass is 16.6. The molecule has 2 aromatic carbocycles. The number of ether oxygens (including phenoxy) is 1. The van der Waals surface area contributed by atoms with E-state index >= 15 is 0 Å². The lowest BCUT2D eigenvalue weighted by Gasteiger charge is -2.06. The number of nitro benzene ring substituents is 1. The van der Waals surface area contributed by atoms with Crippen molar-refractivity contribution in [1.29, 1.82) is 0 Å². The maximum absolute atomic E-state index is 12.1. The molecular weight excluding hydrogens is 326 g/mol. The lowest BCUT2D eigenvalue weighted by molar-refractivity contribution is -0.385. The molecule has 0 amide bonds. The van der Waals surface area contributed by atoms with Crippen molar-refractivity contribution in [3.63, 3.8) is 0 Å². The van der Waals surface area contributed by atoms with Crippen molar-refractivity contribution < 1.29 is 19.0 Å². The predicted molar refractivity (Wildman–Crippen MR) is 86.7 cm³/mol. The van der Waals surface area contributed by atoms with Crippen LogP contribution in [0.4, 0.5) is 5.69 Å². The number of nitrogens with zero attached hydrogens (tertiary/aromatic N) is 3. The summed E-state index contributed by atoms with van der Waals surface area (Å²) in [4.78, 5) is 26.7. The third-order valence-corrected chi connectivity index (χ3v) is 3.44. The summed E-state index contributed by atoms with van der Waals surface area (Å²) >= 11 is 0. The summed E-state index contributed by atoms with van der Waals surface area (Å²) in [6, 6.07) is 12.6. The van der Waals surface area contributed by atoms with Crippen molar-refractivity contribution in [1.82, 2.24) is 10.1 Å². The molecule has 0 bridgehead atoms. The average molecular weight is 339 g/mol. The van der Waals surface area contributed by atoms with Crippen molar-refractivity contribution in [2.24, 2.45) is 0 Å². The number of hydrogen-bond donors (Lipinski definition) is 0. The Kier molecular flexibility index (Phi) is 4.51. The minimum absolute atomic E-state index is 0.0857. The largest absolute Gasteiger partial charge is 0.457 e. The van der Waals surface area contributed by atoms with E-state index in [0.29, 0.717) is 28.4 Å². The van der Waals surface area contributed by atoms with Gasteiger partial charge in [-0.2, -0.15) is 4.98 Å². The number of carbonyl (C=O) groups is 1. The van der Waals surface area contributed by atoms with Gasteiger partial charge in [0.25, 0.3) is 11.6 Å². The van der Waals surface area contributed by atoms with Crippen molar-refractivity contribution >= 4 is 11.7 Å². The number of aromatic nitrogens is 2. The SMILES string of the molecule is Cc1noc(-c2ccc(C(=O)OCc3ccccc3[N+](=O)[O-])cc2)n1. The van der Waals surface area contributed by atoms with E-state index in [-0.39, 0.29) is 12.3 Å². The topological polar surface area (TPSA) is 108 Å². The molecule has 0 saturated carbocycles. The van der Waals surface area contributed by atoms with Crippen LogP contribution in [0, 0.1) is 17.0 Å². The first-order valence-electron chi connectivity index (χ1n) is 7.35. The van der Waals surface area contributed by atoms with E-state index in [2.05, 4.69) is 10.1 Å². The van der Waals surface area contributed by atoms with Gasteiger partial charge in [-0.1, -0.05) is 17.3 Å². The van der Waals surface area contributed by atoms with Gasteiger partial charge in [-0.25, -0.2) is 4.79 Å². The number of para-hydroxylation sites is 1. The molecule has 0 fully saturated rings. The van der Waals surface area contributed by atoms with Crippen LogP contribution in [0.25, 0.3) is 11.5 Å². The maximum atomic E-state index is 12.1. The van der Waals surface area contributed by atoms with Gasteiger partial charge in [-0.3, -0.25) is 10.1 Å². The monoisotopic (exact) mass is 339 g/mol. The second kappa shape index (κ2) is 6.91. The van der Waals surface area contributed by atoms with Gasteiger partial charge in [-0.05, 0) is 37.3 Å². The molecule has 126 valence electrons. The molecule has 3 rings (SSSR count). The van der Waals surface area contributed by atoms with Crippen molar-refractivity contribution in [2.75, 3.05) is 0 Å². The summed E-state index contributed by atoms with van der Waals surface area (Å²) in [6.07, 6.45) is 0. The van der Waals surface area contributed by atoms with Gasteiger partial charge in [0.2, 0.25) is 0 Å². The van der Waals surface area contributed by atoms with E-state index in [1.807, 2.05) is 0 Å². The summed E-state index contributed by atoms with van der Waals surface area (Å²) < 4.78 is 10.2. The summed E-state index contributed by atoms with van der Waals surface area (Å²) in [7, 11) is 0. The molecule has 0 aliphatic rings. The van der Waals surface area contributed by atoms with Crippen molar-refractivity contribution in [3.8, 4) is 11.5 Å². The molecule has 0 unspecified atom stereocenters. The molecule has 0 N–H and O–H groups in total. The van der Waals surface area contributed by atoms with Gasteiger partial charge >= 0.3 is 5.97 Å². The summed E-state index contributed by atoms with van der Waals surface area (Å²) in [6.45, 7) is 1.53. The van der Waals surface area contributed by atoms with Gasteiger partial charge in [0.05, 0.1) is 16.1 Å². The molecule has 0 atom stereocenters. The minimum Gasteiger partial charge on any atom is -0.457 e. The van der Waals surface area contributed by atoms with Crippen molar-refractivity contribution in [3.05, 3.63) is 75.6 Å². The molecule has 8 nitrogen and oxygen atoms in total. The van der Waals surface area contributed by atoms with Crippen LogP contribution >= 0.6 is 0 Å². The van der Waals surface area contributed by atoms with E-state index in [0.717, 1.165) is 0 Å². The first-order valence-corrected chi connectivity index (χ1v) is 7.35. The number of esters is 1. The van der Waals surface area contributed by atoms with E-state index in [1.54, 1.807) is 49.4 Å². The van der Waals surface area contributed by atoms with Crippen molar-refractivity contribution in [2.45, 2.75) is 13.5 Å². The summed E-state index contributed by atoms with van der Waals surface area (Å²) in [5.41, 5.74) is 1.24. The Bertz CT molecular complexity index is 918. The van der Waals surface area contributed by atoms with E-state index in [1.165, 1.54) is 6.07 Å². The third kappa shape index (κ3) is 3.69. The van der Waals surface area contributed by atoms with Gasteiger partial charge in [0.15, 0.2) is 5.82 Å². The molecule has 0 aliphatic carbocycles. The Balaban J connectivity index is 1.69. The Morgan fingerprint density at radius 1 is 1.20 bits per heavy atom. The highest BCUT2D eigenvalue weighted by Gasteiger charge is 2.15. The van der Waals surface area contributed by atoms with Crippen LogP contribution in [0.1, 0.15) is 21.7 Å². The fourth-order valence-electron chi connectivity index (χ4n) is 2.20. The number of carbonyl (C=O) groups excluding carboxylic acids is 1. The average Bonchev–Trinajstić information content (AvgIpc) is 3.06. The zero-order valence-electron chi connectivity index (χ0n) is 13.2. The van der Waals surface area contributed by atoms with Crippen LogP contribution in [-0.4, -0.2) is 21.0 Å². The van der Waals surface area contributed by atoms with E-state index < -0.39 is 10.9 Å². The molecule has 0 spiro atoms. The smallest absolute Gasteiger partial charge is 0.338 e. The highest BCUT2D eigenvalue weighted by Crippen LogP contribution is 2.20. The lowest BCUT2D eigenvalue weighted by atomic mass is 10.1. The quantitative estimate of drug-likeness (QED) is 0.398. The summed E-state index contributed by atoms with van der Waals surface area (Å²) in [5.74, 6) is 0.298. The normalized spacial score (nSPS) is 10.4. The molecule has 3 aromatic rings. The fraction of sp³-hybridized carbons (Fsp3) is 0.118. The van der Waals surface area contributed by atoms with Crippen LogP contribution in [0.15, 0.2) is 53.1 Å². The van der Waals surface area contributed by atoms with Crippen LogP contribution in [-0.2, 0) is 11.3 Å². The summed E-state index contributed by atoms with van der Waals surface area (Å²) in [5, 5.41) is 14.7. The first kappa shape index (κ1) is 16.3. The molecule has 8 heteroatoms.